The normalized spacial score (nSPS) is 20.3. The average molecular weight is 272 g/mol. The van der Waals surface area contributed by atoms with E-state index < -0.39 is 5.67 Å². The molecule has 0 bridgehead atoms. The van der Waals surface area contributed by atoms with E-state index >= 15 is 0 Å². The van der Waals surface area contributed by atoms with Gasteiger partial charge in [-0.3, -0.25) is 0 Å². The summed E-state index contributed by atoms with van der Waals surface area (Å²) in [5, 5.41) is 0. The third kappa shape index (κ3) is 2.51. The molecule has 0 amide bonds. The summed E-state index contributed by atoms with van der Waals surface area (Å²) in [5.74, 6) is 0. The molecule has 1 aromatic carbocycles. The van der Waals surface area contributed by atoms with Crippen LogP contribution in [0.1, 0.15) is 19.8 Å². The van der Waals surface area contributed by atoms with Crippen LogP contribution in [0, 0.1) is 0 Å². The molecule has 3 heteroatoms. The van der Waals surface area contributed by atoms with Gasteiger partial charge in [-0.05, 0) is 47.8 Å². The number of rotatable bonds is 1. The van der Waals surface area contributed by atoms with E-state index in [4.69, 9.17) is 0 Å². The van der Waals surface area contributed by atoms with Crippen LogP contribution in [0.25, 0.3) is 0 Å². The van der Waals surface area contributed by atoms with Crippen molar-refractivity contribution in [1.82, 2.24) is 0 Å². The lowest BCUT2D eigenvalue weighted by atomic mass is 9.95. The molecule has 15 heavy (non-hydrogen) atoms. The quantitative estimate of drug-likeness (QED) is 0.752. The number of benzene rings is 1. The fourth-order valence-electron chi connectivity index (χ4n) is 1.92. The number of nitrogens with zero attached hydrogens (tertiary/aromatic N) is 1. The molecule has 1 saturated heterocycles. The summed E-state index contributed by atoms with van der Waals surface area (Å²) in [6.07, 6.45) is 1.24. The molecule has 82 valence electrons. The fourth-order valence-corrected chi connectivity index (χ4v) is 2.46. The minimum absolute atomic E-state index is 0.619. The van der Waals surface area contributed by atoms with Crippen LogP contribution in [0.4, 0.5) is 10.1 Å². The highest BCUT2D eigenvalue weighted by atomic mass is 79.9. The van der Waals surface area contributed by atoms with Crippen LogP contribution in [0.5, 0.6) is 0 Å². The third-order valence-electron chi connectivity index (χ3n) is 3.00. The van der Waals surface area contributed by atoms with Gasteiger partial charge >= 0.3 is 0 Å². The molecule has 0 spiro atoms. The Hall–Kier alpha value is -0.570. The standard InChI is InChI=1S/C12H15BrFN/c1-12(14)6-8-15(9-7-12)11-5-3-2-4-10(11)13/h2-5H,6-9H2,1H3. The van der Waals surface area contributed by atoms with Crippen LogP contribution in [0.2, 0.25) is 0 Å². The van der Waals surface area contributed by atoms with Gasteiger partial charge in [0.15, 0.2) is 0 Å². The first-order valence-electron chi connectivity index (χ1n) is 5.27. The summed E-state index contributed by atoms with van der Waals surface area (Å²) in [6.45, 7) is 3.30. The zero-order chi connectivity index (χ0) is 10.9. The lowest BCUT2D eigenvalue weighted by Gasteiger charge is -2.36. The molecule has 1 heterocycles. The lowest BCUT2D eigenvalue weighted by Crippen LogP contribution is -2.40. The molecule has 0 atom stereocenters. The second-order valence-electron chi connectivity index (χ2n) is 4.35. The van der Waals surface area contributed by atoms with Crippen LogP contribution < -0.4 is 4.90 Å². The molecule has 1 aliphatic rings. The van der Waals surface area contributed by atoms with Crippen molar-refractivity contribution in [3.8, 4) is 0 Å². The van der Waals surface area contributed by atoms with Gasteiger partial charge in [0.2, 0.25) is 0 Å². The van der Waals surface area contributed by atoms with Crippen LogP contribution in [-0.2, 0) is 0 Å². The Balaban J connectivity index is 2.11. The topological polar surface area (TPSA) is 3.24 Å². The van der Waals surface area contributed by atoms with Crippen molar-refractivity contribution in [2.24, 2.45) is 0 Å². The third-order valence-corrected chi connectivity index (χ3v) is 3.67. The summed E-state index contributed by atoms with van der Waals surface area (Å²) in [4.78, 5) is 2.24. The Morgan fingerprint density at radius 3 is 2.47 bits per heavy atom. The molecule has 0 radical (unpaired) electrons. The highest BCUT2D eigenvalue weighted by Crippen LogP contribution is 2.32. The SMILES string of the molecule is CC1(F)CCN(c2ccccc2Br)CC1. The Morgan fingerprint density at radius 2 is 1.87 bits per heavy atom. The summed E-state index contributed by atoms with van der Waals surface area (Å²) in [7, 11) is 0. The van der Waals surface area contributed by atoms with Crippen molar-refractivity contribution in [3.05, 3.63) is 28.7 Å². The number of para-hydroxylation sites is 1. The van der Waals surface area contributed by atoms with Gasteiger partial charge in [0.1, 0.15) is 5.67 Å². The first-order chi connectivity index (χ1) is 7.08. The molecule has 0 aliphatic carbocycles. The number of halogens is 2. The molecular formula is C12H15BrFN. The Kier molecular flexibility index (Phi) is 3.01. The molecule has 0 saturated carbocycles. The van der Waals surface area contributed by atoms with Crippen molar-refractivity contribution >= 4 is 21.6 Å². The van der Waals surface area contributed by atoms with Crippen LogP contribution in [0.15, 0.2) is 28.7 Å². The van der Waals surface area contributed by atoms with Gasteiger partial charge < -0.3 is 4.90 Å². The maximum Gasteiger partial charge on any atom is 0.111 e. The van der Waals surface area contributed by atoms with E-state index in [2.05, 4.69) is 26.9 Å². The molecule has 0 unspecified atom stereocenters. The predicted molar refractivity (Wildman–Crippen MR) is 65.1 cm³/mol. The molecule has 1 fully saturated rings. The summed E-state index contributed by atoms with van der Waals surface area (Å²) in [5.41, 5.74) is 0.200. The number of hydrogen-bond acceptors (Lipinski definition) is 1. The summed E-state index contributed by atoms with van der Waals surface area (Å²) in [6, 6.07) is 8.11. The molecule has 0 N–H and O–H groups in total. The van der Waals surface area contributed by atoms with Gasteiger partial charge in [0.05, 0.1) is 5.69 Å². The van der Waals surface area contributed by atoms with E-state index in [-0.39, 0.29) is 0 Å². The number of piperidine rings is 1. The second kappa shape index (κ2) is 4.12. The van der Waals surface area contributed by atoms with Gasteiger partial charge in [0, 0.05) is 17.6 Å². The summed E-state index contributed by atoms with van der Waals surface area (Å²) >= 11 is 3.52. The lowest BCUT2D eigenvalue weighted by molar-refractivity contribution is 0.149. The van der Waals surface area contributed by atoms with Crippen molar-refractivity contribution in [1.29, 1.82) is 0 Å². The van der Waals surface area contributed by atoms with Crippen molar-refractivity contribution in [3.63, 3.8) is 0 Å². The molecule has 0 aromatic heterocycles. The zero-order valence-electron chi connectivity index (χ0n) is 8.84. The predicted octanol–water partition coefficient (Wildman–Crippen LogP) is 3.78. The van der Waals surface area contributed by atoms with Gasteiger partial charge in [-0.2, -0.15) is 0 Å². The average Bonchev–Trinajstić information content (AvgIpc) is 2.19. The molecule has 2 rings (SSSR count). The summed E-state index contributed by atoms with van der Waals surface area (Å²) < 4.78 is 14.7. The maximum atomic E-state index is 13.6. The highest BCUT2D eigenvalue weighted by Gasteiger charge is 2.29. The van der Waals surface area contributed by atoms with E-state index in [0.717, 1.165) is 17.6 Å². The number of anilines is 1. The minimum atomic E-state index is -0.974. The second-order valence-corrected chi connectivity index (χ2v) is 5.21. The molecular weight excluding hydrogens is 257 g/mol. The van der Waals surface area contributed by atoms with E-state index in [1.165, 1.54) is 5.69 Å². The highest BCUT2D eigenvalue weighted by molar-refractivity contribution is 9.10. The first kappa shape index (κ1) is 10.9. The van der Waals surface area contributed by atoms with Crippen LogP contribution in [0.3, 0.4) is 0 Å². The molecule has 1 aliphatic heterocycles. The fraction of sp³-hybridized carbons (Fsp3) is 0.500. The van der Waals surface area contributed by atoms with Crippen molar-refractivity contribution < 1.29 is 4.39 Å². The molecule has 1 nitrogen and oxygen atoms in total. The largest absolute Gasteiger partial charge is 0.370 e. The molecule has 1 aromatic rings. The Morgan fingerprint density at radius 1 is 1.27 bits per heavy atom. The van der Waals surface area contributed by atoms with Gasteiger partial charge in [0.25, 0.3) is 0 Å². The number of hydrogen-bond donors (Lipinski definition) is 0. The van der Waals surface area contributed by atoms with Crippen molar-refractivity contribution in [2.45, 2.75) is 25.4 Å². The Bertz CT molecular complexity index is 341. The maximum absolute atomic E-state index is 13.6. The van der Waals surface area contributed by atoms with Crippen LogP contribution >= 0.6 is 15.9 Å². The Labute approximate surface area is 98.4 Å². The monoisotopic (exact) mass is 271 g/mol. The van der Waals surface area contributed by atoms with Gasteiger partial charge in [-0.15, -0.1) is 0 Å². The zero-order valence-corrected chi connectivity index (χ0v) is 10.4. The minimum Gasteiger partial charge on any atom is -0.370 e. The van der Waals surface area contributed by atoms with Crippen molar-refractivity contribution in [2.75, 3.05) is 18.0 Å². The van der Waals surface area contributed by atoms with Crippen LogP contribution in [-0.4, -0.2) is 18.8 Å². The van der Waals surface area contributed by atoms with Gasteiger partial charge in [-0.25, -0.2) is 4.39 Å². The van der Waals surface area contributed by atoms with Gasteiger partial charge in [-0.1, -0.05) is 12.1 Å². The smallest absolute Gasteiger partial charge is 0.111 e. The van der Waals surface area contributed by atoms with E-state index in [9.17, 15) is 4.39 Å². The van der Waals surface area contributed by atoms with E-state index in [1.807, 2.05) is 18.2 Å². The first-order valence-corrected chi connectivity index (χ1v) is 6.06. The van der Waals surface area contributed by atoms with E-state index in [0.29, 0.717) is 12.8 Å². The van der Waals surface area contributed by atoms with E-state index in [1.54, 1.807) is 6.92 Å². The number of alkyl halides is 1.